The van der Waals surface area contributed by atoms with Crippen molar-refractivity contribution in [1.29, 1.82) is 0 Å². The molecule has 33 heavy (non-hydrogen) atoms. The first kappa shape index (κ1) is 20.4. The molecule has 1 aliphatic rings. The Morgan fingerprint density at radius 2 is 1.64 bits per heavy atom. The highest BCUT2D eigenvalue weighted by atomic mass is 16.5. The van der Waals surface area contributed by atoms with Gasteiger partial charge in [0.05, 0.1) is 36.5 Å². The van der Waals surface area contributed by atoms with Crippen molar-refractivity contribution in [2.24, 2.45) is 5.10 Å². The molecule has 0 atom stereocenters. The van der Waals surface area contributed by atoms with E-state index in [4.69, 9.17) is 14.6 Å². The number of benzene rings is 3. The Labute approximate surface area is 190 Å². The van der Waals surface area contributed by atoms with Crippen molar-refractivity contribution in [2.75, 3.05) is 19.2 Å². The first-order chi connectivity index (χ1) is 16.2. The molecule has 0 unspecified atom stereocenters. The van der Waals surface area contributed by atoms with Crippen LogP contribution in [-0.4, -0.2) is 35.8 Å². The Kier molecular flexibility index (Phi) is 5.28. The van der Waals surface area contributed by atoms with E-state index in [1.54, 1.807) is 32.7 Å². The van der Waals surface area contributed by atoms with E-state index in [1.165, 1.54) is 5.01 Å². The van der Waals surface area contributed by atoms with Crippen LogP contribution in [0.4, 0.5) is 5.69 Å². The van der Waals surface area contributed by atoms with E-state index in [9.17, 15) is 4.79 Å². The quantitative estimate of drug-likeness (QED) is 0.431. The fraction of sp³-hybridized carbons (Fsp3) is 0.0769. The van der Waals surface area contributed by atoms with Crippen LogP contribution in [0.2, 0.25) is 0 Å². The maximum Gasteiger partial charge on any atom is 0.281 e. The van der Waals surface area contributed by atoms with Gasteiger partial charge in [0.15, 0.2) is 11.5 Å². The van der Waals surface area contributed by atoms with Crippen LogP contribution in [0.1, 0.15) is 11.1 Å². The Bertz CT molecular complexity index is 1410. The maximum absolute atomic E-state index is 13.6. The van der Waals surface area contributed by atoms with Gasteiger partial charge in [0.1, 0.15) is 5.71 Å². The minimum Gasteiger partial charge on any atom is -0.493 e. The van der Waals surface area contributed by atoms with Gasteiger partial charge in [0.2, 0.25) is 0 Å². The molecule has 0 aliphatic carbocycles. The van der Waals surface area contributed by atoms with Crippen LogP contribution in [0.15, 0.2) is 89.8 Å². The Morgan fingerprint density at radius 3 is 2.42 bits per heavy atom. The molecule has 162 valence electrons. The van der Waals surface area contributed by atoms with Crippen molar-refractivity contribution in [3.05, 3.63) is 95.8 Å². The number of carbonyl (C=O) groups excluding carboxylic acids is 1. The number of para-hydroxylation sites is 2. The fourth-order valence-corrected chi connectivity index (χ4v) is 3.77. The molecule has 5 rings (SSSR count). The number of methoxy groups -OCH3 is 2. The summed E-state index contributed by atoms with van der Waals surface area (Å²) in [6, 6.07) is 20.5. The lowest BCUT2D eigenvalue weighted by atomic mass is 9.99. The monoisotopic (exact) mass is 436 g/mol. The smallest absolute Gasteiger partial charge is 0.281 e. The first-order valence-electron chi connectivity index (χ1n) is 10.3. The lowest BCUT2D eigenvalue weighted by Gasteiger charge is -2.11. The molecule has 0 bridgehead atoms. The average molecular weight is 436 g/mol. The standard InChI is InChI=1S/C26H20N4O3/c1-32-22-12-11-18(16-23(22)33-2)24-20(26(31)30(29-24)19-8-4-3-5-9-19)15-17-7-6-10-21-25(17)28-14-13-27-21/h3-16H,1-2H3/b20-15-. The van der Waals surface area contributed by atoms with Gasteiger partial charge in [-0.1, -0.05) is 30.3 Å². The number of hydrogen-bond donors (Lipinski definition) is 0. The van der Waals surface area contributed by atoms with Crippen molar-refractivity contribution in [3.63, 3.8) is 0 Å². The molecule has 0 radical (unpaired) electrons. The van der Waals surface area contributed by atoms with Crippen LogP contribution in [0.25, 0.3) is 17.1 Å². The normalized spacial score (nSPS) is 14.6. The Balaban J connectivity index is 1.69. The molecule has 2 heterocycles. The van der Waals surface area contributed by atoms with E-state index in [0.717, 1.165) is 16.6 Å². The van der Waals surface area contributed by atoms with Crippen LogP contribution in [-0.2, 0) is 4.79 Å². The van der Waals surface area contributed by atoms with E-state index in [-0.39, 0.29) is 5.91 Å². The van der Waals surface area contributed by atoms with Crippen LogP contribution in [0.3, 0.4) is 0 Å². The molecular formula is C26H20N4O3. The summed E-state index contributed by atoms with van der Waals surface area (Å²) in [5.41, 5.74) is 4.65. The van der Waals surface area contributed by atoms with Gasteiger partial charge in [-0.15, -0.1) is 0 Å². The summed E-state index contributed by atoms with van der Waals surface area (Å²) >= 11 is 0. The van der Waals surface area contributed by atoms with Gasteiger partial charge in [0, 0.05) is 23.5 Å². The number of ether oxygens (including phenoxy) is 2. The van der Waals surface area contributed by atoms with Gasteiger partial charge in [-0.3, -0.25) is 14.8 Å². The highest BCUT2D eigenvalue weighted by molar-refractivity contribution is 6.37. The summed E-state index contributed by atoms with van der Waals surface area (Å²) in [7, 11) is 3.16. The number of rotatable bonds is 5. The van der Waals surface area contributed by atoms with E-state index >= 15 is 0 Å². The van der Waals surface area contributed by atoms with Crippen LogP contribution >= 0.6 is 0 Å². The number of aromatic nitrogens is 2. The summed E-state index contributed by atoms with van der Waals surface area (Å²) in [5.74, 6) is 0.923. The summed E-state index contributed by atoms with van der Waals surface area (Å²) < 4.78 is 10.8. The third kappa shape index (κ3) is 3.70. The molecule has 7 heteroatoms. The highest BCUT2D eigenvalue weighted by Crippen LogP contribution is 2.33. The van der Waals surface area contributed by atoms with Crippen molar-refractivity contribution in [3.8, 4) is 11.5 Å². The lowest BCUT2D eigenvalue weighted by Crippen LogP contribution is -2.21. The third-order valence-electron chi connectivity index (χ3n) is 5.37. The van der Waals surface area contributed by atoms with Crippen molar-refractivity contribution in [2.45, 2.75) is 0 Å². The van der Waals surface area contributed by atoms with Crippen LogP contribution in [0, 0.1) is 0 Å². The molecule has 1 aliphatic heterocycles. The van der Waals surface area contributed by atoms with Gasteiger partial charge in [-0.05, 0) is 42.5 Å². The molecular weight excluding hydrogens is 416 g/mol. The van der Waals surface area contributed by atoms with Crippen molar-refractivity contribution >= 4 is 34.4 Å². The summed E-state index contributed by atoms with van der Waals surface area (Å²) in [5, 5.41) is 6.11. The van der Waals surface area contributed by atoms with Gasteiger partial charge in [0.25, 0.3) is 5.91 Å². The van der Waals surface area contributed by atoms with Gasteiger partial charge >= 0.3 is 0 Å². The largest absolute Gasteiger partial charge is 0.493 e. The molecule has 0 saturated heterocycles. The van der Waals surface area contributed by atoms with Crippen molar-refractivity contribution < 1.29 is 14.3 Å². The van der Waals surface area contributed by atoms with Gasteiger partial charge in [-0.2, -0.15) is 10.1 Å². The number of amides is 1. The van der Waals surface area contributed by atoms with Gasteiger partial charge in [-0.25, -0.2) is 0 Å². The predicted octanol–water partition coefficient (Wildman–Crippen LogP) is 4.48. The number of anilines is 1. The second-order valence-electron chi connectivity index (χ2n) is 7.30. The number of hydrogen-bond acceptors (Lipinski definition) is 6. The second kappa shape index (κ2) is 8.55. The summed E-state index contributed by atoms with van der Waals surface area (Å²) in [6.45, 7) is 0. The number of nitrogens with zero attached hydrogens (tertiary/aromatic N) is 4. The Morgan fingerprint density at radius 1 is 0.848 bits per heavy atom. The van der Waals surface area contributed by atoms with E-state index in [1.807, 2.05) is 66.7 Å². The molecule has 0 N–H and O–H groups in total. The number of fused-ring (bicyclic) bond motifs is 1. The molecule has 3 aromatic carbocycles. The minimum absolute atomic E-state index is 0.230. The predicted molar refractivity (Wildman–Crippen MR) is 128 cm³/mol. The SMILES string of the molecule is COc1ccc(C2=NN(c3ccccc3)C(=O)/C2=C\c2cccc3nccnc23)cc1OC. The third-order valence-corrected chi connectivity index (χ3v) is 5.37. The van der Waals surface area contributed by atoms with E-state index in [2.05, 4.69) is 9.97 Å². The Hall–Kier alpha value is -4.52. The lowest BCUT2D eigenvalue weighted by molar-refractivity contribution is -0.114. The minimum atomic E-state index is -0.230. The van der Waals surface area contributed by atoms with Crippen LogP contribution in [0.5, 0.6) is 11.5 Å². The zero-order chi connectivity index (χ0) is 22.8. The topological polar surface area (TPSA) is 76.9 Å². The molecule has 0 saturated carbocycles. The van der Waals surface area contributed by atoms with Crippen LogP contribution < -0.4 is 14.5 Å². The molecule has 0 spiro atoms. The van der Waals surface area contributed by atoms with E-state index in [0.29, 0.717) is 34.0 Å². The molecule has 1 aromatic heterocycles. The molecule has 7 nitrogen and oxygen atoms in total. The number of hydrazone groups is 1. The molecule has 1 amide bonds. The highest BCUT2D eigenvalue weighted by Gasteiger charge is 2.32. The van der Waals surface area contributed by atoms with E-state index < -0.39 is 0 Å². The summed E-state index contributed by atoms with van der Waals surface area (Å²) in [6.07, 6.45) is 5.10. The maximum atomic E-state index is 13.6. The average Bonchev–Trinajstić information content (AvgIpc) is 3.20. The number of carbonyl (C=O) groups is 1. The van der Waals surface area contributed by atoms with Crippen molar-refractivity contribution in [1.82, 2.24) is 9.97 Å². The molecule has 4 aromatic rings. The zero-order valence-corrected chi connectivity index (χ0v) is 18.1. The fourth-order valence-electron chi connectivity index (χ4n) is 3.77. The second-order valence-corrected chi connectivity index (χ2v) is 7.30. The van der Waals surface area contributed by atoms with Gasteiger partial charge < -0.3 is 9.47 Å². The molecule has 0 fully saturated rings. The zero-order valence-electron chi connectivity index (χ0n) is 18.1. The summed E-state index contributed by atoms with van der Waals surface area (Å²) in [4.78, 5) is 22.4. The first-order valence-corrected chi connectivity index (χ1v) is 10.3.